The molecule has 0 amide bonds. The van der Waals surface area contributed by atoms with Crippen molar-refractivity contribution in [2.75, 3.05) is 44.2 Å². The van der Waals surface area contributed by atoms with Gasteiger partial charge in [0.15, 0.2) is 5.13 Å². The van der Waals surface area contributed by atoms with Gasteiger partial charge >= 0.3 is 0 Å². The van der Waals surface area contributed by atoms with Crippen LogP contribution in [-0.4, -0.2) is 64.7 Å². The number of piperazine rings is 1. The van der Waals surface area contributed by atoms with Crippen LogP contribution in [0, 0.1) is 5.82 Å². The minimum atomic E-state index is -0.113. The summed E-state index contributed by atoms with van der Waals surface area (Å²) in [4.78, 5) is 11.8. The largest absolute Gasteiger partial charge is 0.367 e. The highest BCUT2D eigenvalue weighted by atomic mass is 32.1. The molecular formula is C23H28FN5S. The van der Waals surface area contributed by atoms with Gasteiger partial charge in [-0.15, -0.1) is 11.3 Å². The molecular weight excluding hydrogens is 397 g/mol. The van der Waals surface area contributed by atoms with Gasteiger partial charge in [0.2, 0.25) is 0 Å². The highest BCUT2D eigenvalue weighted by molar-refractivity contribution is 7.12. The van der Waals surface area contributed by atoms with E-state index in [9.17, 15) is 4.39 Å². The number of thiazole rings is 1. The molecule has 0 N–H and O–H groups in total. The lowest BCUT2D eigenvalue weighted by Gasteiger charge is -2.44. The van der Waals surface area contributed by atoms with Crippen molar-refractivity contribution in [2.45, 2.75) is 25.4 Å². The molecule has 3 aromatic rings. The van der Waals surface area contributed by atoms with E-state index in [0.717, 1.165) is 56.6 Å². The second kappa shape index (κ2) is 8.88. The monoisotopic (exact) mass is 425 g/mol. The second-order valence-electron chi connectivity index (χ2n) is 8.19. The van der Waals surface area contributed by atoms with Crippen LogP contribution in [0.25, 0.3) is 5.13 Å². The number of hydrogen-bond acceptors (Lipinski definition) is 5. The van der Waals surface area contributed by atoms with Gasteiger partial charge in [-0.25, -0.2) is 9.37 Å². The molecule has 5 nitrogen and oxygen atoms in total. The number of likely N-dealkylation sites (tertiary alicyclic amines) is 1. The summed E-state index contributed by atoms with van der Waals surface area (Å²) >= 11 is 1.67. The molecule has 2 fully saturated rings. The molecule has 2 aromatic heterocycles. The Morgan fingerprint density at radius 2 is 1.90 bits per heavy atom. The number of aromatic nitrogens is 2. The van der Waals surface area contributed by atoms with Crippen molar-refractivity contribution >= 4 is 17.0 Å². The molecule has 4 heterocycles. The molecule has 1 atom stereocenters. The number of nitrogens with zero attached hydrogens (tertiary/aromatic N) is 5. The number of halogens is 1. The van der Waals surface area contributed by atoms with Crippen LogP contribution in [0.15, 0.2) is 54.2 Å². The number of piperidine rings is 1. The standard InChI is InChI=1S/C23H28FN5S/c24-21-7-1-2-8-22(21)28-14-12-27(13-15-28)19-5-3-10-26(17-19)18-20-6-4-11-29(20)23-25-9-16-30-23/h1-2,4,6-9,11,16,19H,3,5,10,12-15,17-18H2/t19-/m1/s1. The van der Waals surface area contributed by atoms with Crippen molar-refractivity contribution in [1.29, 1.82) is 0 Å². The number of hydrogen-bond donors (Lipinski definition) is 0. The van der Waals surface area contributed by atoms with Crippen LogP contribution in [0.5, 0.6) is 0 Å². The summed E-state index contributed by atoms with van der Waals surface area (Å²) in [7, 11) is 0. The van der Waals surface area contributed by atoms with Crippen molar-refractivity contribution in [3.8, 4) is 5.13 Å². The van der Waals surface area contributed by atoms with Crippen LogP contribution in [0.3, 0.4) is 0 Å². The molecule has 7 heteroatoms. The third kappa shape index (κ3) is 4.15. The third-order valence-corrected chi connectivity index (χ3v) is 7.12. The minimum Gasteiger partial charge on any atom is -0.367 e. The maximum Gasteiger partial charge on any atom is 0.193 e. The topological polar surface area (TPSA) is 27.5 Å². The van der Waals surface area contributed by atoms with Crippen LogP contribution in [0.2, 0.25) is 0 Å². The van der Waals surface area contributed by atoms with Crippen LogP contribution in [0.1, 0.15) is 18.5 Å². The summed E-state index contributed by atoms with van der Waals surface area (Å²) in [5.41, 5.74) is 2.04. The molecule has 2 aliphatic rings. The lowest BCUT2D eigenvalue weighted by atomic mass is 10.0. The lowest BCUT2D eigenvalue weighted by Crippen LogP contribution is -2.55. The average molecular weight is 426 g/mol. The smallest absolute Gasteiger partial charge is 0.193 e. The van der Waals surface area contributed by atoms with Gasteiger partial charge in [-0.2, -0.15) is 0 Å². The molecule has 2 aliphatic heterocycles. The molecule has 0 spiro atoms. The fourth-order valence-electron chi connectivity index (χ4n) is 4.80. The van der Waals surface area contributed by atoms with Crippen molar-refractivity contribution in [3.63, 3.8) is 0 Å². The Bertz CT molecular complexity index is 948. The highest BCUT2D eigenvalue weighted by Crippen LogP contribution is 2.24. The summed E-state index contributed by atoms with van der Waals surface area (Å²) in [5, 5.41) is 3.06. The molecule has 5 rings (SSSR count). The van der Waals surface area contributed by atoms with Gasteiger partial charge in [0, 0.05) is 68.8 Å². The molecule has 2 saturated heterocycles. The zero-order valence-corrected chi connectivity index (χ0v) is 18.0. The number of benzene rings is 1. The highest BCUT2D eigenvalue weighted by Gasteiger charge is 2.29. The van der Waals surface area contributed by atoms with Gasteiger partial charge in [0.1, 0.15) is 5.82 Å². The van der Waals surface area contributed by atoms with Crippen LogP contribution in [-0.2, 0) is 6.54 Å². The predicted octanol–water partition coefficient (Wildman–Crippen LogP) is 3.86. The molecule has 0 unspecified atom stereocenters. The number of anilines is 1. The zero-order valence-electron chi connectivity index (χ0n) is 17.2. The van der Waals surface area contributed by atoms with E-state index < -0.39 is 0 Å². The normalized spacial score (nSPS) is 21.2. The van der Waals surface area contributed by atoms with Gasteiger partial charge in [-0.05, 0) is 43.7 Å². The van der Waals surface area contributed by atoms with E-state index in [0.29, 0.717) is 6.04 Å². The van der Waals surface area contributed by atoms with Gasteiger partial charge in [-0.3, -0.25) is 14.4 Å². The Labute approximate surface area is 181 Å². The maximum absolute atomic E-state index is 14.1. The molecule has 0 radical (unpaired) electrons. The Balaban J connectivity index is 1.19. The van der Waals surface area contributed by atoms with E-state index in [-0.39, 0.29) is 5.82 Å². The first kappa shape index (κ1) is 19.7. The van der Waals surface area contributed by atoms with Gasteiger partial charge in [0.25, 0.3) is 0 Å². The third-order valence-electron chi connectivity index (χ3n) is 6.35. The van der Waals surface area contributed by atoms with E-state index >= 15 is 0 Å². The van der Waals surface area contributed by atoms with Gasteiger partial charge in [0.05, 0.1) is 5.69 Å². The Hall–Kier alpha value is -2.22. The van der Waals surface area contributed by atoms with E-state index in [1.54, 1.807) is 23.5 Å². The van der Waals surface area contributed by atoms with E-state index in [1.165, 1.54) is 18.5 Å². The summed E-state index contributed by atoms with van der Waals surface area (Å²) in [5.74, 6) is -0.113. The van der Waals surface area contributed by atoms with E-state index in [1.807, 2.05) is 23.7 Å². The maximum atomic E-state index is 14.1. The first-order chi connectivity index (χ1) is 14.8. The first-order valence-electron chi connectivity index (χ1n) is 10.8. The quantitative estimate of drug-likeness (QED) is 0.620. The molecule has 0 aliphatic carbocycles. The van der Waals surface area contributed by atoms with Crippen LogP contribution >= 0.6 is 11.3 Å². The first-order valence-corrected chi connectivity index (χ1v) is 11.7. The summed E-state index contributed by atoms with van der Waals surface area (Å²) in [6.45, 7) is 7.00. The number of rotatable bonds is 5. The van der Waals surface area contributed by atoms with Crippen LogP contribution < -0.4 is 4.90 Å². The fourth-order valence-corrected chi connectivity index (χ4v) is 5.46. The Morgan fingerprint density at radius 3 is 2.70 bits per heavy atom. The summed E-state index contributed by atoms with van der Waals surface area (Å²) < 4.78 is 16.3. The van der Waals surface area contributed by atoms with E-state index in [2.05, 4.69) is 42.6 Å². The second-order valence-corrected chi connectivity index (χ2v) is 9.06. The Kier molecular flexibility index (Phi) is 5.84. The fraction of sp³-hybridized carbons (Fsp3) is 0.435. The molecule has 158 valence electrons. The van der Waals surface area contributed by atoms with Crippen molar-refractivity contribution in [1.82, 2.24) is 19.4 Å². The average Bonchev–Trinajstić information content (AvgIpc) is 3.46. The minimum absolute atomic E-state index is 0.113. The zero-order chi connectivity index (χ0) is 20.3. The lowest BCUT2D eigenvalue weighted by molar-refractivity contribution is 0.0877. The molecule has 0 saturated carbocycles. The van der Waals surface area contributed by atoms with Crippen molar-refractivity contribution in [2.24, 2.45) is 0 Å². The summed E-state index contributed by atoms with van der Waals surface area (Å²) in [6, 6.07) is 12.0. The SMILES string of the molecule is Fc1ccccc1N1CCN([C@@H]2CCCN(Cc3cccn3-c3nccs3)C2)CC1. The van der Waals surface area contributed by atoms with Crippen molar-refractivity contribution < 1.29 is 4.39 Å². The predicted molar refractivity (Wildman–Crippen MR) is 120 cm³/mol. The van der Waals surface area contributed by atoms with Gasteiger partial charge < -0.3 is 4.90 Å². The number of para-hydroxylation sites is 1. The molecule has 30 heavy (non-hydrogen) atoms. The summed E-state index contributed by atoms with van der Waals surface area (Å²) in [6.07, 6.45) is 6.46. The van der Waals surface area contributed by atoms with E-state index in [4.69, 9.17) is 0 Å². The molecule has 1 aromatic carbocycles. The van der Waals surface area contributed by atoms with Crippen molar-refractivity contribution in [3.05, 3.63) is 65.7 Å². The molecule has 0 bridgehead atoms. The Morgan fingerprint density at radius 1 is 1.03 bits per heavy atom. The van der Waals surface area contributed by atoms with Gasteiger partial charge in [-0.1, -0.05) is 12.1 Å². The van der Waals surface area contributed by atoms with Crippen LogP contribution in [0.4, 0.5) is 10.1 Å².